The minimum Gasteiger partial charge on any atom is -0.444 e. The number of hydrogen-bond acceptors (Lipinski definition) is 8. The summed E-state index contributed by atoms with van der Waals surface area (Å²) < 4.78 is 18.8. The number of amides is 6. The second-order valence-corrected chi connectivity index (χ2v) is 25.2. The molecule has 5 unspecified atom stereocenters. The van der Waals surface area contributed by atoms with Crippen LogP contribution < -0.4 is 21.3 Å². The fourth-order valence-corrected chi connectivity index (χ4v) is 9.03. The fraction of sp³-hybridized carbons (Fsp3) is 0.549. The molecular formula is C51H75N5O8Si. The Balaban J connectivity index is 1.69. The van der Waals surface area contributed by atoms with Gasteiger partial charge in [0.25, 0.3) is 5.91 Å². The molecule has 0 bridgehead atoms. The number of ether oxygens (including phenoxy) is 2. The third-order valence-electron chi connectivity index (χ3n) is 12.0. The number of carbonyl (C=O) groups excluding carboxylic acids is 5. The van der Waals surface area contributed by atoms with Gasteiger partial charge in [0, 0.05) is 25.4 Å². The molecule has 0 radical (unpaired) electrons. The maximum Gasteiger partial charge on any atom is 0.407 e. The Morgan fingerprint density at radius 3 is 1.66 bits per heavy atom. The monoisotopic (exact) mass is 914 g/mol. The van der Waals surface area contributed by atoms with Gasteiger partial charge in [-0.25, -0.2) is 9.59 Å². The van der Waals surface area contributed by atoms with Crippen LogP contribution >= 0.6 is 0 Å². The van der Waals surface area contributed by atoms with Crippen molar-refractivity contribution in [3.63, 3.8) is 0 Å². The van der Waals surface area contributed by atoms with Crippen LogP contribution in [0, 0.1) is 11.8 Å². The number of benzene rings is 3. The molecule has 7 atom stereocenters. The predicted molar refractivity (Wildman–Crippen MR) is 258 cm³/mol. The van der Waals surface area contributed by atoms with E-state index in [9.17, 15) is 24.0 Å². The highest BCUT2D eigenvalue weighted by Gasteiger charge is 2.43. The highest BCUT2D eigenvalue weighted by atomic mass is 28.4. The lowest BCUT2D eigenvalue weighted by Gasteiger charge is -2.42. The number of hydrogen-bond donors (Lipinski definition) is 4. The highest BCUT2D eigenvalue weighted by molar-refractivity contribution is 6.74. The first-order chi connectivity index (χ1) is 30.4. The van der Waals surface area contributed by atoms with Crippen molar-refractivity contribution in [2.75, 3.05) is 13.1 Å². The molecule has 6 amide bonds. The molecule has 0 saturated carbocycles. The molecule has 4 rings (SSSR count). The van der Waals surface area contributed by atoms with E-state index >= 15 is 0 Å². The van der Waals surface area contributed by atoms with Crippen molar-refractivity contribution < 1.29 is 37.9 Å². The number of alkyl carbamates (subject to hydrolysis) is 1. The van der Waals surface area contributed by atoms with E-state index < -0.39 is 73.9 Å². The zero-order chi connectivity index (χ0) is 48.1. The van der Waals surface area contributed by atoms with Gasteiger partial charge in [0.2, 0.25) is 11.8 Å². The van der Waals surface area contributed by atoms with Crippen LogP contribution in [-0.4, -0.2) is 98.2 Å². The topological polar surface area (TPSA) is 164 Å². The lowest BCUT2D eigenvalue weighted by molar-refractivity contribution is -0.134. The smallest absolute Gasteiger partial charge is 0.407 e. The molecule has 14 heteroatoms. The van der Waals surface area contributed by atoms with Crippen LogP contribution in [0.3, 0.4) is 0 Å². The SMILES string of the molecule is CC(C)C(NC(=O)C(Cc1ccccc1)CC(O[Si](C)(C)C(C)(C)C)C(Cc1ccccc1)NC(=O)OC(C)(C)C)C(=O)NC(Cc1ccccc1)C(=O)NC(=O)N1C[C@@H](C)O[C@H](C)C1. The summed E-state index contributed by atoms with van der Waals surface area (Å²) in [6.07, 6.45) is -0.607. The second kappa shape index (κ2) is 23.4. The normalized spacial score (nSPS) is 18.1. The van der Waals surface area contributed by atoms with E-state index in [1.54, 1.807) is 0 Å². The van der Waals surface area contributed by atoms with Crippen LogP contribution in [0.1, 0.15) is 92.3 Å². The molecule has 65 heavy (non-hydrogen) atoms. The maximum absolute atomic E-state index is 15.0. The van der Waals surface area contributed by atoms with Gasteiger partial charge in [-0.15, -0.1) is 0 Å². The van der Waals surface area contributed by atoms with E-state index in [1.807, 2.05) is 139 Å². The summed E-state index contributed by atoms with van der Waals surface area (Å²) in [6.45, 7) is 24.2. The van der Waals surface area contributed by atoms with Crippen molar-refractivity contribution in [1.82, 2.24) is 26.2 Å². The van der Waals surface area contributed by atoms with Crippen molar-refractivity contribution in [3.8, 4) is 0 Å². The largest absolute Gasteiger partial charge is 0.444 e. The fourth-order valence-electron chi connectivity index (χ4n) is 7.66. The maximum atomic E-state index is 15.0. The molecule has 3 aromatic rings. The Morgan fingerprint density at radius 1 is 0.692 bits per heavy atom. The Hall–Kier alpha value is -5.05. The molecule has 1 heterocycles. The molecule has 1 fully saturated rings. The van der Waals surface area contributed by atoms with E-state index in [0.29, 0.717) is 25.9 Å². The Bertz CT molecular complexity index is 1990. The van der Waals surface area contributed by atoms with Gasteiger partial charge in [-0.1, -0.05) is 126 Å². The number of urea groups is 1. The molecule has 0 aromatic heterocycles. The van der Waals surface area contributed by atoms with E-state index in [2.05, 4.69) is 55.1 Å². The molecular weight excluding hydrogens is 839 g/mol. The predicted octanol–water partition coefficient (Wildman–Crippen LogP) is 7.98. The third-order valence-corrected chi connectivity index (χ3v) is 16.5. The quantitative estimate of drug-likeness (QED) is 0.0934. The van der Waals surface area contributed by atoms with E-state index in [1.165, 1.54) is 4.90 Å². The number of carbonyl (C=O) groups is 5. The average Bonchev–Trinajstić information content (AvgIpc) is 3.21. The Kier molecular flexibility index (Phi) is 18.9. The van der Waals surface area contributed by atoms with Gasteiger partial charge in [-0.2, -0.15) is 0 Å². The first-order valence-corrected chi connectivity index (χ1v) is 26.0. The first kappa shape index (κ1) is 52.6. The summed E-state index contributed by atoms with van der Waals surface area (Å²) in [5.41, 5.74) is 1.91. The van der Waals surface area contributed by atoms with Crippen molar-refractivity contribution >= 4 is 38.2 Å². The highest BCUT2D eigenvalue weighted by Crippen LogP contribution is 2.39. The summed E-state index contributed by atoms with van der Waals surface area (Å²) in [5.74, 6) is -2.72. The number of rotatable bonds is 18. The second-order valence-electron chi connectivity index (χ2n) is 20.4. The molecule has 4 N–H and O–H groups in total. The Morgan fingerprint density at radius 2 is 1.18 bits per heavy atom. The molecule has 3 aromatic carbocycles. The average molecular weight is 914 g/mol. The lowest BCUT2D eigenvalue weighted by atomic mass is 9.88. The van der Waals surface area contributed by atoms with Crippen molar-refractivity contribution in [1.29, 1.82) is 0 Å². The summed E-state index contributed by atoms with van der Waals surface area (Å²) in [6, 6.07) is 25.4. The van der Waals surface area contributed by atoms with Crippen LogP contribution in [0.2, 0.25) is 18.1 Å². The van der Waals surface area contributed by atoms with Gasteiger partial charge in [0.1, 0.15) is 17.7 Å². The van der Waals surface area contributed by atoms with Gasteiger partial charge in [0.15, 0.2) is 8.32 Å². The number of morpholine rings is 1. The van der Waals surface area contributed by atoms with E-state index in [4.69, 9.17) is 13.9 Å². The molecule has 1 saturated heterocycles. The van der Waals surface area contributed by atoms with Gasteiger partial charge in [-0.05, 0) is 94.6 Å². The van der Waals surface area contributed by atoms with Crippen LogP contribution in [0.4, 0.5) is 9.59 Å². The van der Waals surface area contributed by atoms with Crippen molar-refractivity contribution in [2.24, 2.45) is 11.8 Å². The van der Waals surface area contributed by atoms with Gasteiger partial charge < -0.3 is 34.8 Å². The number of nitrogens with zero attached hydrogens (tertiary/aromatic N) is 1. The number of imide groups is 1. The minimum absolute atomic E-state index is 0.108. The summed E-state index contributed by atoms with van der Waals surface area (Å²) in [5, 5.41) is 11.4. The van der Waals surface area contributed by atoms with Crippen LogP contribution in [0.25, 0.3) is 0 Å². The minimum atomic E-state index is -2.56. The van der Waals surface area contributed by atoms with Gasteiger partial charge in [0.05, 0.1) is 24.4 Å². The van der Waals surface area contributed by atoms with Crippen LogP contribution in [0.15, 0.2) is 91.0 Å². The first-order valence-electron chi connectivity index (χ1n) is 23.1. The lowest BCUT2D eigenvalue weighted by Crippen LogP contribution is -2.59. The molecule has 0 aliphatic carbocycles. The Labute approximate surface area is 388 Å². The van der Waals surface area contributed by atoms with Gasteiger partial charge in [-0.3, -0.25) is 19.7 Å². The summed E-state index contributed by atoms with van der Waals surface area (Å²) in [4.78, 5) is 71.9. The van der Waals surface area contributed by atoms with Crippen LogP contribution in [-0.2, 0) is 47.5 Å². The van der Waals surface area contributed by atoms with Crippen LogP contribution in [0.5, 0.6) is 0 Å². The van der Waals surface area contributed by atoms with Gasteiger partial charge >= 0.3 is 12.1 Å². The number of nitrogens with one attached hydrogen (secondary N) is 4. The third kappa shape index (κ3) is 17.0. The summed E-state index contributed by atoms with van der Waals surface area (Å²) in [7, 11) is -2.56. The standard InChI is InChI=1S/C51H75N5O8Si/c1-34(2)44(47(59)52-42(30-39-26-20-15-21-27-39)46(58)55-48(60)56-32-35(3)62-36(4)33-56)54-45(57)40(28-37-22-16-13-17-23-37)31-43(64-65(11,12)51(8,9)10)41(29-38-24-18-14-19-25-38)53-49(61)63-50(5,6)7/h13-27,34-36,40-44H,28-33H2,1-12H3,(H,52,59)(H,53,61)(H,54,57)(H,55,58,60)/t35-,36-,40?,41?,42?,43?,44?/m1/s1. The van der Waals surface area contributed by atoms with Crippen molar-refractivity contribution in [3.05, 3.63) is 108 Å². The zero-order valence-electron chi connectivity index (χ0n) is 40.7. The zero-order valence-corrected chi connectivity index (χ0v) is 41.7. The molecule has 0 spiro atoms. The van der Waals surface area contributed by atoms with Crippen molar-refractivity contribution in [2.45, 2.75) is 155 Å². The molecule has 356 valence electrons. The van der Waals surface area contributed by atoms with E-state index in [0.717, 1.165) is 16.7 Å². The molecule has 1 aliphatic heterocycles. The molecule has 13 nitrogen and oxygen atoms in total. The van der Waals surface area contributed by atoms with E-state index in [-0.39, 0.29) is 36.0 Å². The summed E-state index contributed by atoms with van der Waals surface area (Å²) >= 11 is 0. The molecule has 1 aliphatic rings.